The summed E-state index contributed by atoms with van der Waals surface area (Å²) in [6.07, 6.45) is -4.54. The van der Waals surface area contributed by atoms with Gasteiger partial charge in [0.1, 0.15) is 0 Å². The minimum Gasteiger partial charge on any atom is -0.368 e. The van der Waals surface area contributed by atoms with Crippen molar-refractivity contribution in [1.29, 1.82) is 0 Å². The number of amides is 1. The Hall–Kier alpha value is -2.22. The number of nitrogens with zero attached hydrogens (tertiary/aromatic N) is 2. The molecule has 0 radical (unpaired) electrons. The number of alkyl halides is 3. The molecule has 1 saturated heterocycles. The monoisotopic (exact) mass is 371 g/mol. The lowest BCUT2D eigenvalue weighted by Crippen LogP contribution is -2.31. The first-order chi connectivity index (χ1) is 11.8. The summed E-state index contributed by atoms with van der Waals surface area (Å²) in [6.45, 7) is 1.05. The first kappa shape index (κ1) is 16.3. The van der Waals surface area contributed by atoms with Crippen LogP contribution < -0.4 is 5.73 Å². The average molecular weight is 372 g/mol. The van der Waals surface area contributed by atoms with Crippen LogP contribution in [0.25, 0.3) is 0 Å². The molecule has 3 atom stereocenters. The first-order valence-electron chi connectivity index (χ1n) is 7.64. The number of piperidine rings is 1. The Balaban J connectivity index is 1.45. The number of anilines is 1. The zero-order chi connectivity index (χ0) is 17.9. The van der Waals surface area contributed by atoms with E-state index in [0.29, 0.717) is 13.1 Å². The molecule has 0 spiro atoms. The minimum atomic E-state index is -4.54. The zero-order valence-corrected chi connectivity index (χ0v) is 13.5. The van der Waals surface area contributed by atoms with Crippen LogP contribution in [-0.2, 0) is 6.18 Å². The summed E-state index contributed by atoms with van der Waals surface area (Å²) < 4.78 is 43.1. The maximum Gasteiger partial charge on any atom is 0.417 e. The fourth-order valence-corrected chi connectivity index (χ4v) is 3.94. The summed E-state index contributed by atoms with van der Waals surface area (Å²) in [5.41, 5.74) is 5.51. The molecule has 1 aromatic carbocycles. The number of aromatic nitrogens is 1. The molecule has 5 nitrogen and oxygen atoms in total. The molecule has 1 aliphatic carbocycles. The van der Waals surface area contributed by atoms with Gasteiger partial charge in [-0.15, -0.1) is 0 Å². The summed E-state index contributed by atoms with van der Waals surface area (Å²) in [7, 11) is 0. The topological polar surface area (TPSA) is 72.4 Å². The fourth-order valence-electron chi connectivity index (χ4n) is 3.65. The Kier molecular flexibility index (Phi) is 3.50. The molecule has 2 aromatic rings. The van der Waals surface area contributed by atoms with Gasteiger partial charge in [-0.3, -0.25) is 4.79 Å². The van der Waals surface area contributed by atoms with Gasteiger partial charge < -0.3 is 15.2 Å². The van der Waals surface area contributed by atoms with Gasteiger partial charge >= 0.3 is 6.18 Å². The van der Waals surface area contributed by atoms with Crippen LogP contribution in [-0.4, -0.2) is 29.1 Å². The number of carbonyl (C=O) groups is 1. The van der Waals surface area contributed by atoms with E-state index in [2.05, 4.69) is 5.16 Å². The SMILES string of the molecule is Nc1cc([C@H]2[C@@H]3CN(C(=O)c4ccc(C(F)(F)F)c(Cl)c4)C[C@@H]32)no1. The van der Waals surface area contributed by atoms with E-state index in [-0.39, 0.29) is 35.1 Å². The molecule has 4 rings (SSSR count). The van der Waals surface area contributed by atoms with Crippen molar-refractivity contribution < 1.29 is 22.5 Å². The fraction of sp³-hybridized carbons (Fsp3) is 0.375. The molecule has 132 valence electrons. The maximum atomic E-state index is 12.7. The highest BCUT2D eigenvalue weighted by Gasteiger charge is 2.58. The van der Waals surface area contributed by atoms with E-state index in [4.69, 9.17) is 21.9 Å². The van der Waals surface area contributed by atoms with Gasteiger partial charge in [0.15, 0.2) is 0 Å². The van der Waals surface area contributed by atoms with Crippen LogP contribution in [0.1, 0.15) is 27.5 Å². The van der Waals surface area contributed by atoms with Crippen LogP contribution >= 0.6 is 11.6 Å². The van der Waals surface area contributed by atoms with E-state index in [1.807, 2.05) is 0 Å². The molecular formula is C16H13ClF3N3O2. The summed E-state index contributed by atoms with van der Waals surface area (Å²) in [4.78, 5) is 14.1. The maximum absolute atomic E-state index is 12.7. The van der Waals surface area contributed by atoms with Crippen molar-refractivity contribution in [2.45, 2.75) is 12.1 Å². The number of benzene rings is 1. The first-order valence-corrected chi connectivity index (χ1v) is 8.01. The second-order valence-corrected chi connectivity index (χ2v) is 6.82. The standard InChI is InChI=1S/C16H13ClF3N3O2/c17-11-3-7(1-2-10(11)16(18,19)20)15(24)23-5-8-9(6-23)14(8)12-4-13(21)25-22-12/h1-4,8-9,14H,5-6,21H2/t8-,9+,14+. The lowest BCUT2D eigenvalue weighted by atomic mass is 10.1. The second-order valence-electron chi connectivity index (χ2n) is 6.41. The van der Waals surface area contributed by atoms with Crippen molar-refractivity contribution >= 4 is 23.4 Å². The number of likely N-dealkylation sites (tertiary alicyclic amines) is 1. The van der Waals surface area contributed by atoms with E-state index in [1.165, 1.54) is 0 Å². The van der Waals surface area contributed by atoms with Crippen molar-refractivity contribution in [2.24, 2.45) is 11.8 Å². The third kappa shape index (κ3) is 2.74. The number of nitrogen functional groups attached to an aromatic ring is 1. The van der Waals surface area contributed by atoms with Crippen molar-refractivity contribution in [3.63, 3.8) is 0 Å². The number of fused-ring (bicyclic) bond motifs is 1. The molecular weight excluding hydrogens is 359 g/mol. The number of rotatable bonds is 2. The molecule has 1 amide bonds. The number of hydrogen-bond acceptors (Lipinski definition) is 4. The minimum absolute atomic E-state index is 0.154. The van der Waals surface area contributed by atoms with Gasteiger partial charge in [0.2, 0.25) is 5.88 Å². The second kappa shape index (κ2) is 5.39. The molecule has 2 N–H and O–H groups in total. The van der Waals surface area contributed by atoms with E-state index in [9.17, 15) is 18.0 Å². The van der Waals surface area contributed by atoms with Crippen molar-refractivity contribution in [1.82, 2.24) is 10.1 Å². The van der Waals surface area contributed by atoms with E-state index < -0.39 is 16.8 Å². The lowest BCUT2D eigenvalue weighted by molar-refractivity contribution is -0.137. The highest BCUT2D eigenvalue weighted by atomic mass is 35.5. The van der Waals surface area contributed by atoms with Crippen molar-refractivity contribution in [3.05, 3.63) is 46.1 Å². The quantitative estimate of drug-likeness (QED) is 0.878. The van der Waals surface area contributed by atoms with Crippen LogP contribution in [0, 0.1) is 11.8 Å². The number of nitrogens with two attached hydrogens (primary N) is 1. The van der Waals surface area contributed by atoms with Gasteiger partial charge in [0.05, 0.1) is 16.3 Å². The zero-order valence-electron chi connectivity index (χ0n) is 12.8. The lowest BCUT2D eigenvalue weighted by Gasteiger charge is -2.20. The Morgan fingerprint density at radius 2 is 1.96 bits per heavy atom. The number of halogens is 4. The largest absolute Gasteiger partial charge is 0.417 e. The van der Waals surface area contributed by atoms with Crippen LogP contribution in [0.5, 0.6) is 0 Å². The van der Waals surface area contributed by atoms with E-state index in [1.54, 1.807) is 11.0 Å². The molecule has 1 saturated carbocycles. The van der Waals surface area contributed by atoms with Gasteiger partial charge in [0.25, 0.3) is 5.91 Å². The molecule has 25 heavy (non-hydrogen) atoms. The van der Waals surface area contributed by atoms with Crippen LogP contribution in [0.15, 0.2) is 28.8 Å². The van der Waals surface area contributed by atoms with Crippen molar-refractivity contribution in [2.75, 3.05) is 18.8 Å². The van der Waals surface area contributed by atoms with Crippen LogP contribution in [0.4, 0.5) is 19.1 Å². The van der Waals surface area contributed by atoms with Crippen LogP contribution in [0.3, 0.4) is 0 Å². The molecule has 9 heteroatoms. The van der Waals surface area contributed by atoms with Gasteiger partial charge in [-0.2, -0.15) is 13.2 Å². The summed E-state index contributed by atoms with van der Waals surface area (Å²) in [5.74, 6) is 0.714. The Morgan fingerprint density at radius 1 is 1.28 bits per heavy atom. The smallest absolute Gasteiger partial charge is 0.368 e. The van der Waals surface area contributed by atoms with Gasteiger partial charge in [-0.25, -0.2) is 0 Å². The predicted octanol–water partition coefficient (Wildman–Crippen LogP) is 3.41. The van der Waals surface area contributed by atoms with E-state index >= 15 is 0 Å². The molecule has 2 heterocycles. The molecule has 1 aromatic heterocycles. The molecule has 2 aliphatic rings. The normalized spacial score (nSPS) is 25.1. The van der Waals surface area contributed by atoms with Gasteiger partial charge in [-0.1, -0.05) is 16.8 Å². The van der Waals surface area contributed by atoms with Crippen LogP contribution in [0.2, 0.25) is 5.02 Å². The third-order valence-electron chi connectivity index (χ3n) is 4.89. The van der Waals surface area contributed by atoms with E-state index in [0.717, 1.165) is 23.9 Å². The number of carbonyl (C=O) groups excluding carboxylic acids is 1. The highest BCUT2D eigenvalue weighted by molar-refractivity contribution is 6.31. The molecule has 1 aliphatic heterocycles. The Labute approximate surface area is 145 Å². The molecule has 2 fully saturated rings. The average Bonchev–Trinajstić information content (AvgIpc) is 2.88. The molecule has 0 unspecified atom stereocenters. The van der Waals surface area contributed by atoms with Gasteiger partial charge in [-0.05, 0) is 30.0 Å². The third-order valence-corrected chi connectivity index (χ3v) is 5.20. The van der Waals surface area contributed by atoms with Gasteiger partial charge in [0, 0.05) is 30.6 Å². The Morgan fingerprint density at radius 3 is 2.48 bits per heavy atom. The highest BCUT2D eigenvalue weighted by Crippen LogP contribution is 2.58. The Bertz CT molecular complexity index is 839. The number of hydrogen-bond donors (Lipinski definition) is 1. The van der Waals surface area contributed by atoms with Crippen molar-refractivity contribution in [3.8, 4) is 0 Å². The summed E-state index contributed by atoms with van der Waals surface area (Å²) in [6, 6.07) is 4.77. The predicted molar refractivity (Wildman–Crippen MR) is 83.0 cm³/mol. The molecule has 0 bridgehead atoms. The summed E-state index contributed by atoms with van der Waals surface area (Å²) >= 11 is 5.69. The summed E-state index contributed by atoms with van der Waals surface area (Å²) in [5, 5.41) is 3.43.